The first-order chi connectivity index (χ1) is 9.04. The lowest BCUT2D eigenvalue weighted by Crippen LogP contribution is -2.46. The number of benzene rings is 1. The Morgan fingerprint density at radius 3 is 3.05 bits per heavy atom. The van der Waals surface area contributed by atoms with Gasteiger partial charge in [-0.2, -0.15) is 0 Å². The van der Waals surface area contributed by atoms with Crippen LogP contribution in [0.5, 0.6) is 0 Å². The van der Waals surface area contributed by atoms with Crippen LogP contribution in [-0.4, -0.2) is 24.5 Å². The molecule has 0 spiro atoms. The highest BCUT2D eigenvalue weighted by Crippen LogP contribution is 2.17. The molecular weight excluding hydrogens is 311 g/mol. The van der Waals surface area contributed by atoms with Gasteiger partial charge in [0.2, 0.25) is 5.91 Å². The van der Waals surface area contributed by atoms with E-state index in [1.54, 1.807) is 12.1 Å². The van der Waals surface area contributed by atoms with Crippen molar-refractivity contribution < 1.29 is 9.18 Å². The molecule has 0 radical (unpaired) electrons. The van der Waals surface area contributed by atoms with E-state index in [0.717, 1.165) is 24.9 Å². The first kappa shape index (κ1) is 14.5. The van der Waals surface area contributed by atoms with Crippen LogP contribution in [0.25, 0.3) is 0 Å². The number of carbonyl (C=O) groups excluding carboxylic acids is 1. The zero-order chi connectivity index (χ0) is 13.8. The van der Waals surface area contributed by atoms with Gasteiger partial charge >= 0.3 is 0 Å². The van der Waals surface area contributed by atoms with Crippen LogP contribution in [0.4, 0.5) is 4.39 Å². The summed E-state index contributed by atoms with van der Waals surface area (Å²) in [5, 5.41) is 6.39. The Labute approximate surface area is 121 Å². The first-order valence-corrected chi connectivity index (χ1v) is 7.30. The molecule has 3 nitrogen and oxygen atoms in total. The molecular formula is C14H18BrFN2O. The van der Waals surface area contributed by atoms with Gasteiger partial charge in [-0.25, -0.2) is 4.39 Å². The van der Waals surface area contributed by atoms with Crippen molar-refractivity contribution in [3.63, 3.8) is 0 Å². The van der Waals surface area contributed by atoms with Crippen molar-refractivity contribution in [2.75, 3.05) is 6.54 Å². The topological polar surface area (TPSA) is 41.1 Å². The molecule has 1 aliphatic rings. The summed E-state index contributed by atoms with van der Waals surface area (Å²) in [6.45, 7) is 3.06. The molecule has 1 aromatic rings. The fourth-order valence-corrected chi connectivity index (χ4v) is 2.80. The highest BCUT2D eigenvalue weighted by Gasteiger charge is 2.19. The molecule has 5 heteroatoms. The molecule has 0 aliphatic carbocycles. The number of halogens is 2. The molecule has 1 amide bonds. The van der Waals surface area contributed by atoms with Crippen molar-refractivity contribution in [1.29, 1.82) is 0 Å². The van der Waals surface area contributed by atoms with Crippen molar-refractivity contribution in [2.24, 2.45) is 0 Å². The molecule has 1 fully saturated rings. The van der Waals surface area contributed by atoms with Crippen molar-refractivity contribution in [1.82, 2.24) is 10.6 Å². The van der Waals surface area contributed by atoms with E-state index < -0.39 is 0 Å². The van der Waals surface area contributed by atoms with Crippen LogP contribution in [-0.2, 0) is 11.2 Å². The average Bonchev–Trinajstić information content (AvgIpc) is 2.34. The molecule has 0 saturated carbocycles. The van der Waals surface area contributed by atoms with E-state index >= 15 is 0 Å². The highest BCUT2D eigenvalue weighted by atomic mass is 79.9. The van der Waals surface area contributed by atoms with E-state index in [0.29, 0.717) is 10.5 Å². The van der Waals surface area contributed by atoms with E-state index in [1.165, 1.54) is 6.07 Å². The largest absolute Gasteiger partial charge is 0.353 e. The second-order valence-electron chi connectivity index (χ2n) is 5.07. The molecule has 0 bridgehead atoms. The average molecular weight is 329 g/mol. The number of hydrogen-bond acceptors (Lipinski definition) is 2. The van der Waals surface area contributed by atoms with E-state index in [4.69, 9.17) is 0 Å². The summed E-state index contributed by atoms with van der Waals surface area (Å²) < 4.78 is 13.5. The molecule has 2 rings (SSSR count). The Morgan fingerprint density at radius 1 is 1.58 bits per heavy atom. The molecule has 0 aromatic heterocycles. The Kier molecular flexibility index (Phi) is 4.93. The van der Waals surface area contributed by atoms with Gasteiger partial charge in [-0.05, 0) is 59.9 Å². The van der Waals surface area contributed by atoms with Gasteiger partial charge in [0, 0.05) is 12.1 Å². The van der Waals surface area contributed by atoms with Gasteiger partial charge < -0.3 is 10.6 Å². The summed E-state index contributed by atoms with van der Waals surface area (Å²) in [5.41, 5.74) is 0.813. The van der Waals surface area contributed by atoms with E-state index in [-0.39, 0.29) is 24.2 Å². The lowest BCUT2D eigenvalue weighted by Gasteiger charge is -2.28. The summed E-state index contributed by atoms with van der Waals surface area (Å²) in [7, 11) is 0. The van der Waals surface area contributed by atoms with Gasteiger partial charge in [0.25, 0.3) is 0 Å². The number of amides is 1. The van der Waals surface area contributed by atoms with Crippen molar-refractivity contribution in [2.45, 2.75) is 38.3 Å². The van der Waals surface area contributed by atoms with Crippen LogP contribution in [0.2, 0.25) is 0 Å². The second-order valence-corrected chi connectivity index (χ2v) is 5.92. The Hall–Kier alpha value is -0.940. The van der Waals surface area contributed by atoms with Crippen LogP contribution in [0.1, 0.15) is 25.3 Å². The summed E-state index contributed by atoms with van der Waals surface area (Å²) >= 11 is 3.13. The number of piperidine rings is 1. The molecule has 1 saturated heterocycles. The van der Waals surface area contributed by atoms with E-state index in [1.807, 2.05) is 0 Å². The predicted octanol–water partition coefficient (Wildman–Crippen LogP) is 2.39. The summed E-state index contributed by atoms with van der Waals surface area (Å²) in [5.74, 6) is -0.311. The van der Waals surface area contributed by atoms with Gasteiger partial charge in [-0.3, -0.25) is 4.79 Å². The number of nitrogens with one attached hydrogen (secondary N) is 2. The monoisotopic (exact) mass is 328 g/mol. The van der Waals surface area contributed by atoms with Crippen LogP contribution in [0.3, 0.4) is 0 Å². The summed E-state index contributed by atoms with van der Waals surface area (Å²) in [6.07, 6.45) is 2.21. The van der Waals surface area contributed by atoms with Gasteiger partial charge in [-0.15, -0.1) is 0 Å². The van der Waals surface area contributed by atoms with E-state index in [9.17, 15) is 9.18 Å². The van der Waals surface area contributed by atoms with Crippen LogP contribution >= 0.6 is 15.9 Å². The van der Waals surface area contributed by atoms with Crippen molar-refractivity contribution in [3.05, 3.63) is 34.1 Å². The third-order valence-electron chi connectivity index (χ3n) is 3.34. The van der Waals surface area contributed by atoms with Gasteiger partial charge in [0.15, 0.2) is 0 Å². The first-order valence-electron chi connectivity index (χ1n) is 6.51. The third-order valence-corrected chi connectivity index (χ3v) is 3.95. The number of carbonyl (C=O) groups is 1. The van der Waals surface area contributed by atoms with Crippen LogP contribution in [0.15, 0.2) is 22.7 Å². The second kappa shape index (κ2) is 6.48. The Morgan fingerprint density at radius 2 is 2.37 bits per heavy atom. The predicted molar refractivity (Wildman–Crippen MR) is 76.4 cm³/mol. The molecule has 2 N–H and O–H groups in total. The number of hydrogen-bond donors (Lipinski definition) is 2. The van der Waals surface area contributed by atoms with Gasteiger partial charge in [0.1, 0.15) is 5.82 Å². The molecule has 19 heavy (non-hydrogen) atoms. The quantitative estimate of drug-likeness (QED) is 0.894. The molecule has 1 aromatic carbocycles. The molecule has 1 aliphatic heterocycles. The minimum Gasteiger partial charge on any atom is -0.353 e. The van der Waals surface area contributed by atoms with Crippen molar-refractivity contribution in [3.8, 4) is 0 Å². The van der Waals surface area contributed by atoms with E-state index in [2.05, 4.69) is 33.5 Å². The molecule has 104 valence electrons. The summed E-state index contributed by atoms with van der Waals surface area (Å²) in [4.78, 5) is 11.9. The lowest BCUT2D eigenvalue weighted by atomic mass is 10.0. The maximum Gasteiger partial charge on any atom is 0.224 e. The van der Waals surface area contributed by atoms with Crippen LogP contribution < -0.4 is 10.6 Å². The summed E-state index contributed by atoms with van der Waals surface area (Å²) in [6, 6.07) is 5.36. The van der Waals surface area contributed by atoms with Crippen molar-refractivity contribution >= 4 is 21.8 Å². The van der Waals surface area contributed by atoms with Gasteiger partial charge in [-0.1, -0.05) is 6.07 Å². The SMILES string of the molecule is CC1CC(NC(=O)Cc2ccc(F)c(Br)c2)CCN1. The Balaban J connectivity index is 1.88. The number of rotatable bonds is 3. The zero-order valence-corrected chi connectivity index (χ0v) is 12.5. The normalized spacial score (nSPS) is 23.1. The lowest BCUT2D eigenvalue weighted by molar-refractivity contribution is -0.121. The minimum atomic E-state index is -0.309. The fourth-order valence-electron chi connectivity index (χ4n) is 2.38. The van der Waals surface area contributed by atoms with Gasteiger partial charge in [0.05, 0.1) is 10.9 Å². The third kappa shape index (κ3) is 4.28. The Bertz CT molecular complexity index is 467. The molecule has 2 unspecified atom stereocenters. The van der Waals surface area contributed by atoms with Crippen LogP contribution in [0, 0.1) is 5.82 Å². The minimum absolute atomic E-state index is 0.00221. The fraction of sp³-hybridized carbons (Fsp3) is 0.500. The molecule has 1 heterocycles. The zero-order valence-electron chi connectivity index (χ0n) is 10.9. The highest BCUT2D eigenvalue weighted by molar-refractivity contribution is 9.10. The maximum absolute atomic E-state index is 13.1. The smallest absolute Gasteiger partial charge is 0.224 e. The maximum atomic E-state index is 13.1. The molecule has 2 atom stereocenters. The standard InChI is InChI=1S/C14H18BrFN2O/c1-9-6-11(4-5-17-9)18-14(19)8-10-2-3-13(16)12(15)7-10/h2-3,7,9,11,17H,4-6,8H2,1H3,(H,18,19).